The molecule has 0 radical (unpaired) electrons. The number of aliphatic hydroxyl groups excluding tert-OH is 1. The van der Waals surface area contributed by atoms with Crippen molar-refractivity contribution in [3.05, 3.63) is 32.4 Å². The van der Waals surface area contributed by atoms with Crippen molar-refractivity contribution in [2.24, 2.45) is 0 Å². The molecule has 3 nitrogen and oxygen atoms in total. The molecule has 1 aromatic rings. The number of carbonyl (C=O) groups excluding carboxylic acids is 1. The zero-order valence-electron chi connectivity index (χ0n) is 8.13. The van der Waals surface area contributed by atoms with Gasteiger partial charge in [-0.2, -0.15) is 0 Å². The molecule has 0 saturated heterocycles. The summed E-state index contributed by atoms with van der Waals surface area (Å²) in [6, 6.07) is 5.12. The molecule has 1 aromatic carbocycles. The van der Waals surface area contributed by atoms with Crippen LogP contribution in [0.3, 0.4) is 0 Å². The largest absolute Gasteiger partial charge is 0.392 e. The molecule has 2 N–H and O–H groups in total. The summed E-state index contributed by atoms with van der Waals surface area (Å²) in [5, 5.41) is 12.2. The number of hydrogen-bond donors (Lipinski definition) is 2. The van der Waals surface area contributed by atoms with Gasteiger partial charge in [0, 0.05) is 15.1 Å². The first-order valence-corrected chi connectivity index (χ1v) is 5.87. The first kappa shape index (κ1) is 12.7. The van der Waals surface area contributed by atoms with Crippen LogP contribution in [0.4, 0.5) is 0 Å². The Hall–Kier alpha value is -0.330. The lowest BCUT2D eigenvalue weighted by Crippen LogP contribution is -2.31. The molecule has 1 unspecified atom stereocenters. The van der Waals surface area contributed by atoms with Gasteiger partial charge in [-0.15, -0.1) is 0 Å². The summed E-state index contributed by atoms with van der Waals surface area (Å²) in [6.07, 6.45) is -0.550. The maximum Gasteiger partial charge on any atom is 0.252 e. The fraction of sp³-hybridized carbons (Fsp3) is 0.300. The van der Waals surface area contributed by atoms with E-state index < -0.39 is 6.10 Å². The molecule has 0 heterocycles. The highest BCUT2D eigenvalue weighted by atomic mass is 127. The number of rotatable bonds is 3. The fourth-order valence-corrected chi connectivity index (χ4v) is 1.76. The zero-order valence-corrected chi connectivity index (χ0v) is 11.0. The number of halogens is 2. The monoisotopic (exact) mass is 339 g/mol. The van der Waals surface area contributed by atoms with E-state index in [2.05, 4.69) is 27.9 Å². The van der Waals surface area contributed by atoms with Crippen LogP contribution in [0.1, 0.15) is 17.3 Å². The number of aliphatic hydroxyl groups is 1. The standard InChI is InChI=1S/C10H11ClINO2/c1-6(14)5-13-10(15)8-4-7(11)2-3-9(8)12/h2-4,6,14H,5H2,1H3,(H,13,15). The summed E-state index contributed by atoms with van der Waals surface area (Å²) in [4.78, 5) is 11.6. The second-order valence-corrected chi connectivity index (χ2v) is 4.78. The Kier molecular flexibility index (Phi) is 4.82. The third kappa shape index (κ3) is 3.96. The smallest absolute Gasteiger partial charge is 0.252 e. The molecule has 0 aromatic heterocycles. The molecule has 0 aliphatic rings. The lowest BCUT2D eigenvalue weighted by molar-refractivity contribution is 0.0923. The predicted octanol–water partition coefficient (Wildman–Crippen LogP) is 2.06. The van der Waals surface area contributed by atoms with Crippen molar-refractivity contribution in [3.63, 3.8) is 0 Å². The SMILES string of the molecule is CC(O)CNC(=O)c1cc(Cl)ccc1I. The van der Waals surface area contributed by atoms with Gasteiger partial charge in [-0.25, -0.2) is 0 Å². The van der Waals surface area contributed by atoms with Crippen molar-refractivity contribution >= 4 is 40.1 Å². The minimum absolute atomic E-state index is 0.220. The van der Waals surface area contributed by atoms with Crippen molar-refractivity contribution in [2.75, 3.05) is 6.54 Å². The Labute approximate surface area is 107 Å². The molecule has 1 rings (SSSR count). The van der Waals surface area contributed by atoms with Gasteiger partial charge in [-0.05, 0) is 47.7 Å². The van der Waals surface area contributed by atoms with E-state index in [0.29, 0.717) is 10.6 Å². The van der Waals surface area contributed by atoms with Crippen LogP contribution in [0, 0.1) is 3.57 Å². The maximum atomic E-state index is 11.6. The second kappa shape index (κ2) is 5.67. The summed E-state index contributed by atoms with van der Waals surface area (Å²) in [5.74, 6) is -0.220. The van der Waals surface area contributed by atoms with E-state index in [9.17, 15) is 4.79 Å². The van der Waals surface area contributed by atoms with Crippen LogP contribution in [-0.2, 0) is 0 Å². The van der Waals surface area contributed by atoms with E-state index in [-0.39, 0.29) is 12.5 Å². The highest BCUT2D eigenvalue weighted by molar-refractivity contribution is 14.1. The van der Waals surface area contributed by atoms with Gasteiger partial charge in [0.25, 0.3) is 5.91 Å². The first-order chi connectivity index (χ1) is 7.00. The average molecular weight is 340 g/mol. The normalized spacial score (nSPS) is 12.3. The van der Waals surface area contributed by atoms with Crippen LogP contribution in [0.5, 0.6) is 0 Å². The summed E-state index contributed by atoms with van der Waals surface area (Å²) in [7, 11) is 0. The fourth-order valence-electron chi connectivity index (χ4n) is 1.01. The highest BCUT2D eigenvalue weighted by Crippen LogP contribution is 2.17. The van der Waals surface area contributed by atoms with Crippen molar-refractivity contribution < 1.29 is 9.90 Å². The molecule has 82 valence electrons. The van der Waals surface area contributed by atoms with Crippen molar-refractivity contribution in [1.82, 2.24) is 5.32 Å². The van der Waals surface area contributed by atoms with Gasteiger partial charge in [0.15, 0.2) is 0 Å². The quantitative estimate of drug-likeness (QED) is 0.828. The van der Waals surface area contributed by atoms with Gasteiger partial charge >= 0.3 is 0 Å². The van der Waals surface area contributed by atoms with Gasteiger partial charge in [-0.3, -0.25) is 4.79 Å². The number of amides is 1. The van der Waals surface area contributed by atoms with Crippen molar-refractivity contribution in [2.45, 2.75) is 13.0 Å². The summed E-state index contributed by atoms with van der Waals surface area (Å²) < 4.78 is 0.833. The third-order valence-electron chi connectivity index (χ3n) is 1.73. The van der Waals surface area contributed by atoms with E-state index >= 15 is 0 Å². The maximum absolute atomic E-state index is 11.6. The molecule has 0 spiro atoms. The Bertz CT molecular complexity index is 368. The molecule has 15 heavy (non-hydrogen) atoms. The Morgan fingerprint density at radius 1 is 1.67 bits per heavy atom. The molecular weight excluding hydrogens is 328 g/mol. The number of hydrogen-bond acceptors (Lipinski definition) is 2. The molecule has 0 saturated carbocycles. The van der Waals surface area contributed by atoms with Crippen LogP contribution < -0.4 is 5.32 Å². The second-order valence-electron chi connectivity index (χ2n) is 3.18. The van der Waals surface area contributed by atoms with Crippen LogP contribution >= 0.6 is 34.2 Å². The Morgan fingerprint density at radius 3 is 2.93 bits per heavy atom. The minimum Gasteiger partial charge on any atom is -0.392 e. The van der Waals surface area contributed by atoms with Crippen molar-refractivity contribution in [3.8, 4) is 0 Å². The molecule has 1 atom stereocenters. The summed E-state index contributed by atoms with van der Waals surface area (Å²) in [6.45, 7) is 1.85. The Balaban J connectivity index is 2.77. The van der Waals surface area contributed by atoms with Crippen LogP contribution in [0.25, 0.3) is 0 Å². The van der Waals surface area contributed by atoms with Crippen molar-refractivity contribution in [1.29, 1.82) is 0 Å². The molecule has 0 aliphatic heterocycles. The minimum atomic E-state index is -0.550. The molecule has 0 aliphatic carbocycles. The van der Waals surface area contributed by atoms with Gasteiger partial charge in [0.2, 0.25) is 0 Å². The lowest BCUT2D eigenvalue weighted by atomic mass is 10.2. The Morgan fingerprint density at radius 2 is 2.33 bits per heavy atom. The predicted molar refractivity (Wildman–Crippen MR) is 68.2 cm³/mol. The molecular formula is C10H11ClINO2. The van der Waals surface area contributed by atoms with Gasteiger partial charge in [0.1, 0.15) is 0 Å². The summed E-state index contributed by atoms with van der Waals surface area (Å²) in [5.41, 5.74) is 0.531. The van der Waals surface area contributed by atoms with E-state index in [4.69, 9.17) is 16.7 Å². The summed E-state index contributed by atoms with van der Waals surface area (Å²) >= 11 is 7.86. The van der Waals surface area contributed by atoms with Gasteiger partial charge < -0.3 is 10.4 Å². The number of nitrogens with one attached hydrogen (secondary N) is 1. The topological polar surface area (TPSA) is 49.3 Å². The van der Waals surface area contributed by atoms with E-state index in [1.165, 1.54) is 0 Å². The molecule has 1 amide bonds. The molecule has 5 heteroatoms. The van der Waals surface area contributed by atoms with Crippen LogP contribution in [0.15, 0.2) is 18.2 Å². The number of carbonyl (C=O) groups is 1. The van der Waals surface area contributed by atoms with E-state index in [1.807, 2.05) is 0 Å². The molecule has 0 bridgehead atoms. The van der Waals surface area contributed by atoms with Gasteiger partial charge in [-0.1, -0.05) is 11.6 Å². The van der Waals surface area contributed by atoms with Gasteiger partial charge in [0.05, 0.1) is 11.7 Å². The number of benzene rings is 1. The average Bonchev–Trinajstić information content (AvgIpc) is 2.18. The van der Waals surface area contributed by atoms with E-state index in [1.54, 1.807) is 25.1 Å². The van der Waals surface area contributed by atoms with Crippen LogP contribution in [0.2, 0.25) is 5.02 Å². The first-order valence-electron chi connectivity index (χ1n) is 4.42. The lowest BCUT2D eigenvalue weighted by Gasteiger charge is -2.08. The third-order valence-corrected chi connectivity index (χ3v) is 2.91. The van der Waals surface area contributed by atoms with E-state index in [0.717, 1.165) is 3.57 Å². The molecule has 0 fully saturated rings. The highest BCUT2D eigenvalue weighted by Gasteiger charge is 2.10. The van der Waals surface area contributed by atoms with Crippen LogP contribution in [-0.4, -0.2) is 23.7 Å². The zero-order chi connectivity index (χ0) is 11.4.